The predicted octanol–water partition coefficient (Wildman–Crippen LogP) is 5.71. The smallest absolute Gasteiger partial charge is 0.258 e. The Bertz CT molecular complexity index is 1000. The van der Waals surface area contributed by atoms with Gasteiger partial charge in [0.15, 0.2) is 0 Å². The van der Waals surface area contributed by atoms with Gasteiger partial charge in [-0.25, -0.2) is 0 Å². The van der Waals surface area contributed by atoms with Crippen molar-refractivity contribution in [2.45, 2.75) is 12.5 Å². The van der Waals surface area contributed by atoms with Crippen LogP contribution in [0.25, 0.3) is 0 Å². The van der Waals surface area contributed by atoms with Crippen LogP contribution in [0.2, 0.25) is 0 Å². The minimum Gasteiger partial charge on any atom is -0.258 e. The molecule has 4 rings (SSSR count). The number of hydrogen-bond acceptors (Lipinski definition) is 4. The van der Waals surface area contributed by atoms with Crippen LogP contribution in [0, 0.1) is 10.1 Å². The summed E-state index contributed by atoms with van der Waals surface area (Å²) in [6.45, 7) is 0. The molecule has 0 aliphatic carbocycles. The van der Waals surface area contributed by atoms with Gasteiger partial charge in [-0.1, -0.05) is 58.4 Å². The fourth-order valence-corrected chi connectivity index (χ4v) is 3.52. The number of hydrogen-bond donors (Lipinski definition) is 0. The molecule has 6 heteroatoms. The summed E-state index contributed by atoms with van der Waals surface area (Å²) < 4.78 is 1.01. The van der Waals surface area contributed by atoms with Gasteiger partial charge in [-0.05, 0) is 35.4 Å². The highest BCUT2D eigenvalue weighted by Gasteiger charge is 2.30. The maximum atomic E-state index is 11.2. The van der Waals surface area contributed by atoms with Gasteiger partial charge in [-0.15, -0.1) is 0 Å². The highest BCUT2D eigenvalue weighted by molar-refractivity contribution is 9.10. The predicted molar refractivity (Wildman–Crippen MR) is 110 cm³/mol. The van der Waals surface area contributed by atoms with Gasteiger partial charge in [0.1, 0.15) is 0 Å². The van der Waals surface area contributed by atoms with Crippen LogP contribution in [0.15, 0.2) is 88.4 Å². The summed E-state index contributed by atoms with van der Waals surface area (Å²) in [7, 11) is 0. The summed E-state index contributed by atoms with van der Waals surface area (Å²) in [4.78, 5) is 10.8. The molecule has 0 N–H and O–H groups in total. The second-order valence-corrected chi connectivity index (χ2v) is 7.22. The molecule has 0 amide bonds. The van der Waals surface area contributed by atoms with E-state index in [2.05, 4.69) is 15.9 Å². The molecule has 1 aliphatic heterocycles. The summed E-state index contributed by atoms with van der Waals surface area (Å²) in [6, 6.07) is 24.6. The first-order chi connectivity index (χ1) is 13.1. The molecule has 0 saturated heterocycles. The zero-order chi connectivity index (χ0) is 18.8. The van der Waals surface area contributed by atoms with Crippen LogP contribution >= 0.6 is 15.9 Å². The topological polar surface area (TPSA) is 58.7 Å². The van der Waals surface area contributed by atoms with Crippen molar-refractivity contribution >= 4 is 33.0 Å². The van der Waals surface area contributed by atoms with Gasteiger partial charge in [-0.2, -0.15) is 5.10 Å². The van der Waals surface area contributed by atoms with Crippen molar-refractivity contribution in [3.05, 3.63) is 105 Å². The summed E-state index contributed by atoms with van der Waals surface area (Å²) in [5, 5.41) is 18.0. The van der Waals surface area contributed by atoms with Gasteiger partial charge >= 0.3 is 0 Å². The Morgan fingerprint density at radius 1 is 1.00 bits per heavy atom. The average Bonchev–Trinajstić information content (AvgIpc) is 3.15. The average molecular weight is 422 g/mol. The van der Waals surface area contributed by atoms with E-state index in [-0.39, 0.29) is 16.7 Å². The molecule has 1 atom stereocenters. The molecular formula is C21H16BrN3O2. The van der Waals surface area contributed by atoms with Crippen LogP contribution in [0.1, 0.15) is 23.6 Å². The molecule has 3 aromatic rings. The Kier molecular flexibility index (Phi) is 4.73. The van der Waals surface area contributed by atoms with Gasteiger partial charge in [0.25, 0.3) is 5.69 Å². The van der Waals surface area contributed by atoms with E-state index in [1.807, 2.05) is 65.7 Å². The number of hydrazone groups is 1. The van der Waals surface area contributed by atoms with Gasteiger partial charge in [0, 0.05) is 23.0 Å². The highest BCUT2D eigenvalue weighted by atomic mass is 79.9. The lowest BCUT2D eigenvalue weighted by Gasteiger charge is -2.23. The van der Waals surface area contributed by atoms with E-state index in [1.54, 1.807) is 12.1 Å². The quantitative estimate of drug-likeness (QED) is 0.400. The lowest BCUT2D eigenvalue weighted by Crippen LogP contribution is -2.18. The van der Waals surface area contributed by atoms with Crippen LogP contribution in [0.5, 0.6) is 0 Å². The van der Waals surface area contributed by atoms with Crippen molar-refractivity contribution in [3.63, 3.8) is 0 Å². The summed E-state index contributed by atoms with van der Waals surface area (Å²) in [5.74, 6) is 0. The zero-order valence-corrected chi connectivity index (χ0v) is 15.9. The summed E-state index contributed by atoms with van der Waals surface area (Å²) in [6.07, 6.45) is 0.678. The Morgan fingerprint density at radius 2 is 1.74 bits per heavy atom. The number of non-ortho nitro benzene ring substituents is 1. The normalized spacial score (nSPS) is 16.3. The van der Waals surface area contributed by atoms with Crippen molar-refractivity contribution in [3.8, 4) is 0 Å². The molecule has 1 aliphatic rings. The third-order valence-corrected chi connectivity index (χ3v) is 5.10. The monoisotopic (exact) mass is 421 g/mol. The van der Waals surface area contributed by atoms with Gasteiger partial charge < -0.3 is 0 Å². The van der Waals surface area contributed by atoms with Crippen molar-refractivity contribution in [1.82, 2.24) is 0 Å². The third kappa shape index (κ3) is 3.61. The molecule has 0 unspecified atom stereocenters. The molecular weight excluding hydrogens is 406 g/mol. The van der Waals surface area contributed by atoms with Crippen molar-refractivity contribution < 1.29 is 4.92 Å². The molecule has 0 fully saturated rings. The second kappa shape index (κ2) is 7.32. The van der Waals surface area contributed by atoms with Gasteiger partial charge in [0.05, 0.1) is 22.4 Å². The van der Waals surface area contributed by atoms with Crippen molar-refractivity contribution in [1.29, 1.82) is 0 Å². The number of para-hydroxylation sites is 1. The van der Waals surface area contributed by atoms with Gasteiger partial charge in [-0.3, -0.25) is 15.1 Å². The SMILES string of the molecule is O=[N+]([O-])c1cccc([C@@H]2CC(c3ccc(Br)cc3)=NN2c2ccccc2)c1. The Hall–Kier alpha value is -2.99. The molecule has 27 heavy (non-hydrogen) atoms. The number of halogens is 1. The first kappa shape index (κ1) is 17.4. The lowest BCUT2D eigenvalue weighted by molar-refractivity contribution is -0.384. The molecule has 0 spiro atoms. The zero-order valence-electron chi connectivity index (χ0n) is 14.3. The van der Waals surface area contributed by atoms with E-state index in [0.29, 0.717) is 6.42 Å². The van der Waals surface area contributed by atoms with Crippen LogP contribution in [0.4, 0.5) is 11.4 Å². The number of benzene rings is 3. The Labute approximate surface area is 165 Å². The number of nitro benzene ring substituents is 1. The Balaban J connectivity index is 1.75. The largest absolute Gasteiger partial charge is 0.269 e. The molecule has 1 heterocycles. The number of nitro groups is 1. The molecule has 0 bridgehead atoms. The first-order valence-electron chi connectivity index (χ1n) is 8.54. The molecule has 0 aromatic heterocycles. The molecule has 134 valence electrons. The van der Waals surface area contributed by atoms with Crippen LogP contribution < -0.4 is 5.01 Å². The number of nitrogens with zero attached hydrogens (tertiary/aromatic N) is 3. The Morgan fingerprint density at radius 3 is 2.44 bits per heavy atom. The fourth-order valence-electron chi connectivity index (χ4n) is 3.25. The van der Waals surface area contributed by atoms with E-state index in [9.17, 15) is 10.1 Å². The molecule has 3 aromatic carbocycles. The maximum absolute atomic E-state index is 11.2. The highest BCUT2D eigenvalue weighted by Crippen LogP contribution is 2.37. The van der Waals surface area contributed by atoms with Crippen molar-refractivity contribution in [2.75, 3.05) is 5.01 Å². The first-order valence-corrected chi connectivity index (χ1v) is 9.33. The van der Waals surface area contributed by atoms with Crippen LogP contribution in [0.3, 0.4) is 0 Å². The molecule has 0 saturated carbocycles. The number of rotatable bonds is 4. The van der Waals surface area contributed by atoms with E-state index in [1.165, 1.54) is 6.07 Å². The van der Waals surface area contributed by atoms with Crippen LogP contribution in [-0.4, -0.2) is 10.6 Å². The summed E-state index contributed by atoms with van der Waals surface area (Å²) in [5.41, 5.74) is 3.94. The molecule has 5 nitrogen and oxygen atoms in total. The van der Waals surface area contributed by atoms with Gasteiger partial charge in [0.2, 0.25) is 0 Å². The standard InChI is InChI=1S/C21H16BrN3O2/c22-17-11-9-15(10-12-17)20-14-21(16-5-4-8-19(13-16)25(26)27)24(23-20)18-6-2-1-3-7-18/h1-13,21H,14H2/t21-/m0/s1. The van der Waals surface area contributed by atoms with Crippen molar-refractivity contribution in [2.24, 2.45) is 5.10 Å². The third-order valence-electron chi connectivity index (χ3n) is 4.57. The van der Waals surface area contributed by atoms with Crippen LogP contribution in [-0.2, 0) is 0 Å². The fraction of sp³-hybridized carbons (Fsp3) is 0.0952. The van der Waals surface area contributed by atoms with E-state index >= 15 is 0 Å². The van der Waals surface area contributed by atoms with E-state index < -0.39 is 0 Å². The lowest BCUT2D eigenvalue weighted by atomic mass is 9.98. The number of anilines is 1. The van der Waals surface area contributed by atoms with E-state index in [4.69, 9.17) is 5.10 Å². The summed E-state index contributed by atoms with van der Waals surface area (Å²) >= 11 is 3.46. The maximum Gasteiger partial charge on any atom is 0.269 e. The second-order valence-electron chi connectivity index (χ2n) is 6.31. The minimum absolute atomic E-state index is 0.0917. The minimum atomic E-state index is -0.359. The molecule has 0 radical (unpaired) electrons. The van der Waals surface area contributed by atoms with E-state index in [0.717, 1.165) is 27.0 Å².